The molecule has 0 unspecified atom stereocenters. The van der Waals surface area contributed by atoms with Crippen LogP contribution in [0, 0.1) is 0 Å². The lowest BCUT2D eigenvalue weighted by molar-refractivity contribution is -0.160. The van der Waals surface area contributed by atoms with Gasteiger partial charge in [-0.05, 0) is 14.1 Å². The number of sulfonamides is 1. The van der Waals surface area contributed by atoms with Gasteiger partial charge in [-0.1, -0.05) is 0 Å². The summed E-state index contributed by atoms with van der Waals surface area (Å²) in [6.07, 6.45) is -4.42. The van der Waals surface area contributed by atoms with Crippen molar-refractivity contribution in [2.24, 2.45) is 0 Å². The first-order valence-corrected chi connectivity index (χ1v) is 7.16. The van der Waals surface area contributed by atoms with Crippen molar-refractivity contribution in [3.05, 3.63) is 0 Å². The van der Waals surface area contributed by atoms with Gasteiger partial charge in [0.05, 0.1) is 5.75 Å². The summed E-state index contributed by atoms with van der Waals surface area (Å²) >= 11 is 0. The van der Waals surface area contributed by atoms with Crippen LogP contribution in [0.1, 0.15) is 0 Å². The molecule has 1 N–H and O–H groups in total. The van der Waals surface area contributed by atoms with Crippen molar-refractivity contribution in [1.82, 2.24) is 14.5 Å². The van der Waals surface area contributed by atoms with E-state index < -0.39 is 28.8 Å². The molecular formula is C9H18F3N3O2S. The van der Waals surface area contributed by atoms with E-state index in [-0.39, 0.29) is 18.8 Å². The number of nitrogens with one attached hydrogen (secondary N) is 1. The van der Waals surface area contributed by atoms with Gasteiger partial charge in [-0.15, -0.1) is 0 Å². The number of hydrogen-bond acceptors (Lipinski definition) is 4. The van der Waals surface area contributed by atoms with Crippen LogP contribution >= 0.6 is 0 Å². The second kappa shape index (κ2) is 5.72. The van der Waals surface area contributed by atoms with Gasteiger partial charge in [0, 0.05) is 26.2 Å². The number of nitrogens with zero attached hydrogens (tertiary/aromatic N) is 2. The van der Waals surface area contributed by atoms with Gasteiger partial charge in [0.15, 0.2) is 0 Å². The molecule has 108 valence electrons. The average molecular weight is 289 g/mol. The highest BCUT2D eigenvalue weighted by Gasteiger charge is 2.44. The van der Waals surface area contributed by atoms with Gasteiger partial charge in [-0.3, -0.25) is 0 Å². The standard InChI is InChI=1S/C9H18F3N3O2S/c1-14(2)5-6-18(16,17)15-4-3-13-8(7-15)9(10,11)12/h8,13H,3-7H2,1-2H3/t8-/m1/s1. The fraction of sp³-hybridized carbons (Fsp3) is 1.00. The summed E-state index contributed by atoms with van der Waals surface area (Å²) in [7, 11) is -0.192. The van der Waals surface area contributed by atoms with Gasteiger partial charge < -0.3 is 10.2 Å². The molecule has 1 atom stereocenters. The van der Waals surface area contributed by atoms with E-state index in [2.05, 4.69) is 5.32 Å². The topological polar surface area (TPSA) is 52.7 Å². The zero-order chi connectivity index (χ0) is 14.0. The van der Waals surface area contributed by atoms with Crippen molar-refractivity contribution >= 4 is 10.0 Å². The molecule has 0 aliphatic carbocycles. The number of halogens is 3. The smallest absolute Gasteiger partial charge is 0.308 e. The van der Waals surface area contributed by atoms with Gasteiger partial charge >= 0.3 is 6.18 Å². The quantitative estimate of drug-likeness (QED) is 0.773. The van der Waals surface area contributed by atoms with E-state index in [1.54, 1.807) is 19.0 Å². The zero-order valence-electron chi connectivity index (χ0n) is 10.4. The molecule has 1 rings (SSSR count). The summed E-state index contributed by atoms with van der Waals surface area (Å²) in [5.41, 5.74) is 0. The Hall–Kier alpha value is -0.380. The Kier molecular flexibility index (Phi) is 4.98. The Bertz CT molecular complexity index is 370. The van der Waals surface area contributed by atoms with Crippen LogP contribution in [-0.4, -0.2) is 75.9 Å². The van der Waals surface area contributed by atoms with Crippen molar-refractivity contribution in [3.63, 3.8) is 0 Å². The summed E-state index contributed by atoms with van der Waals surface area (Å²) in [6.45, 7) is -0.143. The number of piperazine rings is 1. The van der Waals surface area contributed by atoms with Crippen molar-refractivity contribution in [3.8, 4) is 0 Å². The van der Waals surface area contributed by atoms with E-state index in [4.69, 9.17) is 0 Å². The van der Waals surface area contributed by atoms with E-state index in [1.165, 1.54) is 0 Å². The lowest BCUT2D eigenvalue weighted by Crippen LogP contribution is -2.58. The van der Waals surface area contributed by atoms with E-state index in [0.29, 0.717) is 6.54 Å². The van der Waals surface area contributed by atoms with Crippen LogP contribution in [0.25, 0.3) is 0 Å². The molecule has 0 radical (unpaired) electrons. The first-order valence-electron chi connectivity index (χ1n) is 5.55. The number of hydrogen-bond donors (Lipinski definition) is 1. The fourth-order valence-corrected chi connectivity index (χ4v) is 3.22. The molecule has 1 fully saturated rings. The van der Waals surface area contributed by atoms with E-state index in [9.17, 15) is 21.6 Å². The molecule has 1 heterocycles. The third-order valence-corrected chi connectivity index (χ3v) is 4.54. The molecule has 9 heteroatoms. The SMILES string of the molecule is CN(C)CCS(=O)(=O)N1CCN[C@@H](C(F)(F)F)C1. The second-order valence-electron chi connectivity index (χ2n) is 4.53. The predicted molar refractivity (Wildman–Crippen MR) is 61.8 cm³/mol. The van der Waals surface area contributed by atoms with Crippen LogP contribution in [0.2, 0.25) is 0 Å². The zero-order valence-corrected chi connectivity index (χ0v) is 11.2. The van der Waals surface area contributed by atoms with Gasteiger partial charge in [0.2, 0.25) is 10.0 Å². The van der Waals surface area contributed by atoms with E-state index in [0.717, 1.165) is 4.31 Å². The monoisotopic (exact) mass is 289 g/mol. The molecule has 1 aliphatic heterocycles. The minimum Gasteiger partial charge on any atom is -0.308 e. The van der Waals surface area contributed by atoms with Crippen LogP contribution in [-0.2, 0) is 10.0 Å². The maximum Gasteiger partial charge on any atom is 0.405 e. The Morgan fingerprint density at radius 2 is 2.00 bits per heavy atom. The fourth-order valence-electron chi connectivity index (χ4n) is 1.62. The highest BCUT2D eigenvalue weighted by Crippen LogP contribution is 2.23. The molecule has 18 heavy (non-hydrogen) atoms. The average Bonchev–Trinajstić information content (AvgIpc) is 2.26. The first kappa shape index (κ1) is 15.7. The molecule has 1 aliphatic rings. The molecule has 5 nitrogen and oxygen atoms in total. The van der Waals surface area contributed by atoms with Crippen molar-refractivity contribution in [1.29, 1.82) is 0 Å². The van der Waals surface area contributed by atoms with Crippen LogP contribution < -0.4 is 5.32 Å². The highest BCUT2D eigenvalue weighted by atomic mass is 32.2. The Morgan fingerprint density at radius 1 is 1.39 bits per heavy atom. The lowest BCUT2D eigenvalue weighted by Gasteiger charge is -2.34. The van der Waals surface area contributed by atoms with Crippen molar-refractivity contribution < 1.29 is 21.6 Å². The van der Waals surface area contributed by atoms with Crippen molar-refractivity contribution in [2.75, 3.05) is 46.0 Å². The Labute approximate surface area is 105 Å². The lowest BCUT2D eigenvalue weighted by atomic mass is 10.2. The highest BCUT2D eigenvalue weighted by molar-refractivity contribution is 7.89. The Morgan fingerprint density at radius 3 is 2.50 bits per heavy atom. The summed E-state index contributed by atoms with van der Waals surface area (Å²) in [6, 6.07) is -1.78. The van der Waals surface area contributed by atoms with Crippen LogP contribution in [0.15, 0.2) is 0 Å². The molecule has 0 aromatic heterocycles. The summed E-state index contributed by atoms with van der Waals surface area (Å²) < 4.78 is 62.2. The van der Waals surface area contributed by atoms with Crippen LogP contribution in [0.5, 0.6) is 0 Å². The molecule has 0 bridgehead atoms. The van der Waals surface area contributed by atoms with E-state index >= 15 is 0 Å². The van der Waals surface area contributed by atoms with Gasteiger partial charge in [-0.2, -0.15) is 17.5 Å². The summed E-state index contributed by atoms with van der Waals surface area (Å²) in [5, 5.41) is 2.28. The summed E-state index contributed by atoms with van der Waals surface area (Å²) in [5.74, 6) is -0.162. The molecule has 0 aromatic carbocycles. The van der Waals surface area contributed by atoms with Crippen LogP contribution in [0.4, 0.5) is 13.2 Å². The van der Waals surface area contributed by atoms with Gasteiger partial charge in [0.1, 0.15) is 6.04 Å². The minimum atomic E-state index is -4.42. The Balaban J connectivity index is 2.66. The first-order chi connectivity index (χ1) is 8.13. The third kappa shape index (κ3) is 4.38. The number of alkyl halides is 3. The molecule has 0 aromatic rings. The molecular weight excluding hydrogens is 271 g/mol. The maximum absolute atomic E-state index is 12.5. The van der Waals surface area contributed by atoms with E-state index in [1.807, 2.05) is 0 Å². The molecule has 0 amide bonds. The van der Waals surface area contributed by atoms with Crippen LogP contribution in [0.3, 0.4) is 0 Å². The maximum atomic E-state index is 12.5. The largest absolute Gasteiger partial charge is 0.405 e. The third-order valence-electron chi connectivity index (χ3n) is 2.72. The van der Waals surface area contributed by atoms with Gasteiger partial charge in [-0.25, -0.2) is 8.42 Å². The number of rotatable bonds is 4. The minimum absolute atomic E-state index is 0.0192. The second-order valence-corrected chi connectivity index (χ2v) is 6.61. The van der Waals surface area contributed by atoms with Crippen molar-refractivity contribution in [2.45, 2.75) is 12.2 Å². The summed E-state index contributed by atoms with van der Waals surface area (Å²) in [4.78, 5) is 1.68. The normalized spacial score (nSPS) is 23.6. The predicted octanol–water partition coefficient (Wildman–Crippen LogP) is -0.286. The van der Waals surface area contributed by atoms with Gasteiger partial charge in [0.25, 0.3) is 0 Å². The molecule has 1 saturated heterocycles. The molecule has 0 saturated carbocycles. The molecule has 0 spiro atoms.